The molecule has 1 aromatic carbocycles. The molecule has 0 aliphatic heterocycles. The summed E-state index contributed by atoms with van der Waals surface area (Å²) >= 11 is 0. The number of carbonyl (C=O) groups is 1. The average Bonchev–Trinajstić information content (AvgIpc) is 2.74. The molecule has 0 amide bonds. The van der Waals surface area contributed by atoms with E-state index in [1.807, 2.05) is 26.0 Å². The van der Waals surface area contributed by atoms with Crippen LogP contribution in [0.15, 0.2) is 18.2 Å². The molecule has 1 N–H and O–H groups in total. The Labute approximate surface area is 101 Å². The summed E-state index contributed by atoms with van der Waals surface area (Å²) in [5.41, 5.74) is 1.61. The van der Waals surface area contributed by atoms with E-state index >= 15 is 0 Å². The molecule has 0 aromatic heterocycles. The van der Waals surface area contributed by atoms with Crippen molar-refractivity contribution in [2.75, 3.05) is 7.11 Å². The van der Waals surface area contributed by atoms with Crippen molar-refractivity contribution in [3.05, 3.63) is 29.3 Å². The highest BCUT2D eigenvalue weighted by molar-refractivity contribution is 5.76. The van der Waals surface area contributed by atoms with Crippen LogP contribution in [0.2, 0.25) is 0 Å². The highest BCUT2D eigenvalue weighted by Gasteiger charge is 2.41. The molecule has 1 unspecified atom stereocenters. The molecule has 0 spiro atoms. The van der Waals surface area contributed by atoms with Crippen LogP contribution in [0.5, 0.6) is 5.75 Å². The third-order valence-electron chi connectivity index (χ3n) is 3.90. The molecule has 1 aliphatic rings. The van der Waals surface area contributed by atoms with Gasteiger partial charge in [-0.05, 0) is 49.8 Å². The molecule has 0 saturated carbocycles. The molecule has 0 bridgehead atoms. The molecule has 0 saturated heterocycles. The topological polar surface area (TPSA) is 46.5 Å². The van der Waals surface area contributed by atoms with Crippen LogP contribution < -0.4 is 0 Å². The third kappa shape index (κ3) is 1.90. The van der Waals surface area contributed by atoms with E-state index in [9.17, 15) is 9.90 Å². The van der Waals surface area contributed by atoms with E-state index in [-0.39, 0.29) is 11.9 Å². The Balaban J connectivity index is 2.26. The largest absolute Gasteiger partial charge is 0.508 e. The fourth-order valence-corrected chi connectivity index (χ4v) is 2.57. The highest BCUT2D eigenvalue weighted by Crippen LogP contribution is 2.42. The number of esters is 1. The monoisotopic (exact) mass is 234 g/mol. The van der Waals surface area contributed by atoms with Gasteiger partial charge in [-0.25, -0.2) is 0 Å². The van der Waals surface area contributed by atoms with Crippen molar-refractivity contribution in [3.8, 4) is 5.75 Å². The summed E-state index contributed by atoms with van der Waals surface area (Å²) in [4.78, 5) is 11.8. The van der Waals surface area contributed by atoms with Crippen LogP contribution in [0, 0.1) is 11.3 Å². The Morgan fingerprint density at radius 2 is 2.12 bits per heavy atom. The second kappa shape index (κ2) is 4.06. The zero-order valence-corrected chi connectivity index (χ0v) is 10.5. The Hall–Kier alpha value is -1.51. The number of aromatic hydroxyl groups is 1. The first-order valence-electron chi connectivity index (χ1n) is 5.85. The van der Waals surface area contributed by atoms with Crippen LogP contribution in [0.4, 0.5) is 0 Å². The molecule has 0 heterocycles. The maximum Gasteiger partial charge on any atom is 0.311 e. The normalized spacial score (nSPS) is 18.9. The number of benzene rings is 1. The summed E-state index contributed by atoms with van der Waals surface area (Å²) < 4.78 is 4.86. The zero-order valence-electron chi connectivity index (χ0n) is 10.5. The number of phenolic OH excluding ortho intramolecular Hbond substituents is 1. The number of phenols is 1. The fraction of sp³-hybridized carbons (Fsp3) is 0.500. The third-order valence-corrected chi connectivity index (χ3v) is 3.90. The number of rotatable bonds is 2. The van der Waals surface area contributed by atoms with E-state index < -0.39 is 5.41 Å². The first kappa shape index (κ1) is 12.0. The summed E-state index contributed by atoms with van der Waals surface area (Å²) in [7, 11) is 1.42. The number of methoxy groups -OCH3 is 1. The minimum atomic E-state index is -0.514. The van der Waals surface area contributed by atoms with Gasteiger partial charge in [-0.1, -0.05) is 12.1 Å². The van der Waals surface area contributed by atoms with Crippen molar-refractivity contribution >= 4 is 5.97 Å². The van der Waals surface area contributed by atoms with Crippen LogP contribution in [0.25, 0.3) is 0 Å². The predicted octanol–water partition coefficient (Wildman–Crippen LogP) is 2.31. The number of hydrogen-bond donors (Lipinski definition) is 1. The van der Waals surface area contributed by atoms with Gasteiger partial charge in [0, 0.05) is 0 Å². The van der Waals surface area contributed by atoms with Gasteiger partial charge in [0.2, 0.25) is 0 Å². The van der Waals surface area contributed by atoms with Gasteiger partial charge in [-0.15, -0.1) is 0 Å². The Morgan fingerprint density at radius 1 is 1.41 bits per heavy atom. The van der Waals surface area contributed by atoms with E-state index in [0.717, 1.165) is 24.0 Å². The molecule has 1 aliphatic carbocycles. The van der Waals surface area contributed by atoms with Gasteiger partial charge in [0.15, 0.2) is 0 Å². The average molecular weight is 234 g/mol. The summed E-state index contributed by atoms with van der Waals surface area (Å²) in [6.07, 6.45) is 1.57. The maximum atomic E-state index is 11.8. The van der Waals surface area contributed by atoms with E-state index in [0.29, 0.717) is 5.75 Å². The van der Waals surface area contributed by atoms with Crippen LogP contribution >= 0.6 is 0 Å². The minimum absolute atomic E-state index is 0.185. The maximum absolute atomic E-state index is 11.8. The van der Waals surface area contributed by atoms with Crippen LogP contribution in [0.3, 0.4) is 0 Å². The molecule has 1 aromatic rings. The van der Waals surface area contributed by atoms with Gasteiger partial charge in [0.1, 0.15) is 5.75 Å². The van der Waals surface area contributed by atoms with E-state index in [4.69, 9.17) is 4.74 Å². The summed E-state index contributed by atoms with van der Waals surface area (Å²) in [5.74, 6) is 0.346. The minimum Gasteiger partial charge on any atom is -0.508 e. The van der Waals surface area contributed by atoms with Crippen LogP contribution in [-0.4, -0.2) is 18.2 Å². The molecule has 92 valence electrons. The van der Waals surface area contributed by atoms with Crippen molar-refractivity contribution in [2.24, 2.45) is 11.3 Å². The molecule has 0 fully saturated rings. The van der Waals surface area contributed by atoms with Gasteiger partial charge < -0.3 is 9.84 Å². The van der Waals surface area contributed by atoms with Crippen molar-refractivity contribution in [2.45, 2.75) is 26.7 Å². The van der Waals surface area contributed by atoms with Gasteiger partial charge in [-0.3, -0.25) is 4.79 Å². The number of ether oxygens (including phenoxy) is 1. The molecular weight excluding hydrogens is 216 g/mol. The Morgan fingerprint density at radius 3 is 2.71 bits per heavy atom. The lowest BCUT2D eigenvalue weighted by atomic mass is 9.77. The second-order valence-corrected chi connectivity index (χ2v) is 5.23. The molecule has 17 heavy (non-hydrogen) atoms. The lowest BCUT2D eigenvalue weighted by Crippen LogP contribution is -2.34. The molecule has 2 rings (SSSR count). The lowest BCUT2D eigenvalue weighted by molar-refractivity contribution is -0.153. The first-order valence-corrected chi connectivity index (χ1v) is 5.85. The Kier molecular flexibility index (Phi) is 2.86. The van der Waals surface area contributed by atoms with E-state index in [2.05, 4.69) is 0 Å². The molecule has 0 radical (unpaired) electrons. The predicted molar refractivity (Wildman–Crippen MR) is 64.8 cm³/mol. The zero-order chi connectivity index (χ0) is 12.6. The van der Waals surface area contributed by atoms with Gasteiger partial charge >= 0.3 is 5.97 Å². The summed E-state index contributed by atoms with van der Waals surface area (Å²) in [6.45, 7) is 3.82. The first-order chi connectivity index (χ1) is 7.96. The molecule has 3 nitrogen and oxygen atoms in total. The SMILES string of the molecule is COC(=O)C(C)(C)C1Cc2cccc(O)c2C1. The quantitative estimate of drug-likeness (QED) is 0.799. The molecule has 3 heteroatoms. The smallest absolute Gasteiger partial charge is 0.311 e. The van der Waals surface area contributed by atoms with Gasteiger partial charge in [0.05, 0.1) is 12.5 Å². The molecule has 1 atom stereocenters. The number of carbonyl (C=O) groups excluding carboxylic acids is 1. The van der Waals surface area contributed by atoms with E-state index in [1.165, 1.54) is 7.11 Å². The second-order valence-electron chi connectivity index (χ2n) is 5.23. The van der Waals surface area contributed by atoms with Crippen molar-refractivity contribution in [1.29, 1.82) is 0 Å². The van der Waals surface area contributed by atoms with Crippen LogP contribution in [0.1, 0.15) is 25.0 Å². The number of fused-ring (bicyclic) bond motifs is 1. The van der Waals surface area contributed by atoms with Crippen LogP contribution in [-0.2, 0) is 22.4 Å². The Bertz CT molecular complexity index is 449. The summed E-state index contributed by atoms with van der Waals surface area (Å²) in [6, 6.07) is 5.57. The number of hydrogen-bond acceptors (Lipinski definition) is 3. The fourth-order valence-electron chi connectivity index (χ4n) is 2.57. The van der Waals surface area contributed by atoms with E-state index in [1.54, 1.807) is 6.07 Å². The van der Waals surface area contributed by atoms with Crippen molar-refractivity contribution < 1.29 is 14.6 Å². The van der Waals surface area contributed by atoms with Crippen molar-refractivity contribution in [3.63, 3.8) is 0 Å². The van der Waals surface area contributed by atoms with Gasteiger partial charge in [-0.2, -0.15) is 0 Å². The summed E-state index contributed by atoms with van der Waals surface area (Å²) in [5, 5.41) is 9.79. The lowest BCUT2D eigenvalue weighted by Gasteiger charge is -2.28. The standard InChI is InChI=1S/C14H18O3/c1-14(2,13(16)17-3)10-7-9-5-4-6-12(15)11(9)8-10/h4-6,10,15H,7-8H2,1-3H3. The molecular formula is C14H18O3. The highest BCUT2D eigenvalue weighted by atomic mass is 16.5. The van der Waals surface area contributed by atoms with Crippen molar-refractivity contribution in [1.82, 2.24) is 0 Å². The van der Waals surface area contributed by atoms with Gasteiger partial charge in [0.25, 0.3) is 0 Å².